The summed E-state index contributed by atoms with van der Waals surface area (Å²) in [6.45, 7) is 0.734. The van der Waals surface area contributed by atoms with E-state index in [-0.39, 0.29) is 11.9 Å². The van der Waals surface area contributed by atoms with Gasteiger partial charge in [-0.25, -0.2) is 0 Å². The number of halogens is 1. The molecule has 2 aromatic carbocycles. The average Bonchev–Trinajstić information content (AvgIpc) is 3.32. The third kappa shape index (κ3) is 3.17. The zero-order valence-electron chi connectivity index (χ0n) is 13.6. The maximum Gasteiger partial charge on any atom is 0.276 e. The Hall–Kier alpha value is -2.59. The van der Waals surface area contributed by atoms with Gasteiger partial charge in [0, 0.05) is 23.2 Å². The number of hydrogen-bond donors (Lipinski definition) is 0. The minimum Gasteiger partial charge on any atom is -0.355 e. The van der Waals surface area contributed by atoms with Gasteiger partial charge in [-0.05, 0) is 30.5 Å². The van der Waals surface area contributed by atoms with Gasteiger partial charge in [0.25, 0.3) is 5.91 Å². The van der Waals surface area contributed by atoms with Gasteiger partial charge in [0.15, 0.2) is 11.5 Å². The lowest BCUT2D eigenvalue weighted by Gasteiger charge is -2.24. The quantitative estimate of drug-likeness (QED) is 0.668. The molecule has 0 aliphatic carbocycles. The van der Waals surface area contributed by atoms with Crippen molar-refractivity contribution in [1.29, 1.82) is 0 Å². The van der Waals surface area contributed by atoms with Gasteiger partial charge in [0.1, 0.15) is 0 Å². The highest BCUT2D eigenvalue weighted by Gasteiger charge is 2.32. The molecule has 4 nitrogen and oxygen atoms in total. The van der Waals surface area contributed by atoms with Crippen molar-refractivity contribution in [2.45, 2.75) is 18.9 Å². The minimum atomic E-state index is -0.0941. The summed E-state index contributed by atoms with van der Waals surface area (Å²) in [7, 11) is 0. The first kappa shape index (κ1) is 15.9. The third-order valence-corrected chi connectivity index (χ3v) is 4.77. The Morgan fingerprint density at radius 2 is 1.96 bits per heavy atom. The van der Waals surface area contributed by atoms with Gasteiger partial charge in [-0.15, -0.1) is 0 Å². The Kier molecular flexibility index (Phi) is 4.28. The first-order chi connectivity index (χ1) is 12.2. The van der Waals surface area contributed by atoms with Crippen LogP contribution in [0.15, 0.2) is 65.2 Å². The Morgan fingerprint density at radius 1 is 1.12 bits per heavy atom. The smallest absolute Gasteiger partial charge is 0.276 e. The summed E-state index contributed by atoms with van der Waals surface area (Å²) in [5.74, 6) is 0.449. The van der Waals surface area contributed by atoms with E-state index in [2.05, 4.69) is 17.3 Å². The molecule has 5 heteroatoms. The second kappa shape index (κ2) is 6.73. The Morgan fingerprint density at radius 3 is 2.76 bits per heavy atom. The number of rotatable bonds is 3. The van der Waals surface area contributed by atoms with E-state index in [0.29, 0.717) is 16.5 Å². The van der Waals surface area contributed by atoms with Crippen molar-refractivity contribution >= 4 is 17.5 Å². The fraction of sp³-hybridized carbons (Fsp3) is 0.200. The molecule has 0 bridgehead atoms. The van der Waals surface area contributed by atoms with Crippen LogP contribution in [0, 0.1) is 0 Å². The maximum atomic E-state index is 12.9. The zero-order valence-corrected chi connectivity index (χ0v) is 14.3. The highest BCUT2D eigenvalue weighted by Crippen LogP contribution is 2.33. The summed E-state index contributed by atoms with van der Waals surface area (Å²) in [5, 5.41) is 4.60. The third-order valence-electron chi connectivity index (χ3n) is 4.54. The van der Waals surface area contributed by atoms with E-state index < -0.39 is 0 Å². The second-order valence-electron chi connectivity index (χ2n) is 6.15. The molecule has 1 aromatic heterocycles. The molecular formula is C20H17ClN2O2. The molecule has 1 aliphatic rings. The number of benzene rings is 2. The van der Waals surface area contributed by atoms with Crippen molar-refractivity contribution in [3.8, 4) is 11.3 Å². The Bertz CT molecular complexity index is 891. The fourth-order valence-electron chi connectivity index (χ4n) is 3.33. The number of hydrogen-bond acceptors (Lipinski definition) is 3. The molecule has 126 valence electrons. The lowest BCUT2D eigenvalue weighted by Crippen LogP contribution is -2.30. The number of nitrogens with zero attached hydrogens (tertiary/aromatic N) is 2. The van der Waals surface area contributed by atoms with Crippen LogP contribution in [0.4, 0.5) is 0 Å². The SMILES string of the molecule is O=C(c1cc(-c2cccc(Cl)c2)on1)N1CCC[C@@H]1c1ccccc1. The number of amides is 1. The van der Waals surface area contributed by atoms with Crippen LogP contribution in [0.3, 0.4) is 0 Å². The standard InChI is InChI=1S/C20H17ClN2O2/c21-16-9-4-8-15(12-16)19-13-17(22-25-19)20(24)23-11-5-10-18(23)14-6-2-1-3-7-14/h1-4,6-9,12-13,18H,5,10-11H2/t18-/m1/s1. The van der Waals surface area contributed by atoms with Crippen molar-refractivity contribution in [3.05, 3.63) is 76.9 Å². The van der Waals surface area contributed by atoms with Gasteiger partial charge in [0.2, 0.25) is 0 Å². The second-order valence-corrected chi connectivity index (χ2v) is 6.59. The summed E-state index contributed by atoms with van der Waals surface area (Å²) >= 11 is 6.02. The van der Waals surface area contributed by atoms with Crippen molar-refractivity contribution in [2.75, 3.05) is 6.54 Å². The molecule has 0 spiro atoms. The molecule has 3 aromatic rings. The first-order valence-electron chi connectivity index (χ1n) is 8.31. The predicted octanol–water partition coefficient (Wildman–Crippen LogP) is 4.97. The summed E-state index contributed by atoms with van der Waals surface area (Å²) in [6, 6.07) is 19.2. The molecule has 1 amide bonds. The highest BCUT2D eigenvalue weighted by molar-refractivity contribution is 6.30. The number of likely N-dealkylation sites (tertiary alicyclic amines) is 1. The van der Waals surface area contributed by atoms with Gasteiger partial charge in [-0.3, -0.25) is 4.79 Å². The molecule has 1 atom stereocenters. The Balaban J connectivity index is 1.59. The predicted molar refractivity (Wildman–Crippen MR) is 96.4 cm³/mol. The lowest BCUT2D eigenvalue weighted by molar-refractivity contribution is 0.0725. The van der Waals surface area contributed by atoms with Crippen molar-refractivity contribution < 1.29 is 9.32 Å². The van der Waals surface area contributed by atoms with E-state index in [1.807, 2.05) is 35.2 Å². The molecule has 2 heterocycles. The van der Waals surface area contributed by atoms with Crippen LogP contribution in [-0.4, -0.2) is 22.5 Å². The van der Waals surface area contributed by atoms with Crippen molar-refractivity contribution in [2.24, 2.45) is 0 Å². The van der Waals surface area contributed by atoms with E-state index in [1.165, 1.54) is 0 Å². The van der Waals surface area contributed by atoms with Gasteiger partial charge in [0.05, 0.1) is 6.04 Å². The number of carbonyl (C=O) groups excluding carboxylic acids is 1. The molecule has 25 heavy (non-hydrogen) atoms. The topological polar surface area (TPSA) is 46.3 Å². The normalized spacial score (nSPS) is 17.0. The average molecular weight is 353 g/mol. The molecule has 0 radical (unpaired) electrons. The zero-order chi connectivity index (χ0) is 17.2. The molecule has 0 N–H and O–H groups in total. The van der Waals surface area contributed by atoms with Gasteiger partial charge in [-0.2, -0.15) is 0 Å². The molecule has 1 aliphatic heterocycles. The summed E-state index contributed by atoms with van der Waals surface area (Å²) in [6.07, 6.45) is 1.96. The summed E-state index contributed by atoms with van der Waals surface area (Å²) < 4.78 is 5.37. The van der Waals surface area contributed by atoms with Crippen LogP contribution in [0.5, 0.6) is 0 Å². The van der Waals surface area contributed by atoms with Crippen LogP contribution >= 0.6 is 11.6 Å². The van der Waals surface area contributed by atoms with E-state index in [4.69, 9.17) is 16.1 Å². The van der Waals surface area contributed by atoms with E-state index in [9.17, 15) is 4.79 Å². The van der Waals surface area contributed by atoms with E-state index in [1.54, 1.807) is 18.2 Å². The molecular weight excluding hydrogens is 336 g/mol. The highest BCUT2D eigenvalue weighted by atomic mass is 35.5. The molecule has 1 saturated heterocycles. The van der Waals surface area contributed by atoms with Gasteiger partial charge in [-0.1, -0.05) is 59.2 Å². The molecule has 1 fully saturated rings. The van der Waals surface area contributed by atoms with Crippen LogP contribution in [0.2, 0.25) is 5.02 Å². The van der Waals surface area contributed by atoms with Crippen LogP contribution < -0.4 is 0 Å². The van der Waals surface area contributed by atoms with E-state index in [0.717, 1.165) is 30.5 Å². The molecule has 0 saturated carbocycles. The van der Waals surface area contributed by atoms with E-state index >= 15 is 0 Å². The van der Waals surface area contributed by atoms with Gasteiger partial charge >= 0.3 is 0 Å². The van der Waals surface area contributed by atoms with Crippen LogP contribution in [0.25, 0.3) is 11.3 Å². The number of aromatic nitrogens is 1. The fourth-order valence-corrected chi connectivity index (χ4v) is 3.52. The lowest BCUT2D eigenvalue weighted by atomic mass is 10.0. The first-order valence-corrected chi connectivity index (χ1v) is 8.69. The molecule has 4 rings (SSSR count). The van der Waals surface area contributed by atoms with Gasteiger partial charge < -0.3 is 9.42 Å². The summed E-state index contributed by atoms with van der Waals surface area (Å²) in [5.41, 5.74) is 2.30. The van der Waals surface area contributed by atoms with Crippen molar-refractivity contribution in [3.63, 3.8) is 0 Å². The monoisotopic (exact) mass is 352 g/mol. The Labute approximate surface area is 151 Å². The van der Waals surface area contributed by atoms with Crippen LogP contribution in [0.1, 0.15) is 34.9 Å². The largest absolute Gasteiger partial charge is 0.355 e. The minimum absolute atomic E-state index is 0.0941. The van der Waals surface area contributed by atoms with Crippen LogP contribution in [-0.2, 0) is 0 Å². The maximum absolute atomic E-state index is 12.9. The molecule has 0 unspecified atom stereocenters. The summed E-state index contributed by atoms with van der Waals surface area (Å²) in [4.78, 5) is 14.8. The van der Waals surface area contributed by atoms with Crippen molar-refractivity contribution in [1.82, 2.24) is 10.1 Å². The number of carbonyl (C=O) groups is 1.